The molecule has 1 aliphatic heterocycles. The number of hydrogen-bond donors (Lipinski definition) is 0. The summed E-state index contributed by atoms with van der Waals surface area (Å²) in [5.74, 6) is -0.123. The molecule has 0 amide bonds. The van der Waals surface area contributed by atoms with Crippen LogP contribution in [0, 0.1) is 0 Å². The highest BCUT2D eigenvalue weighted by atomic mass is 16.7. The first kappa shape index (κ1) is 4.59. The van der Waals surface area contributed by atoms with Crippen LogP contribution in [0.25, 0.3) is 0 Å². The second kappa shape index (κ2) is 1.50. The lowest BCUT2D eigenvalue weighted by Crippen LogP contribution is -2.10. The molecule has 0 aromatic heterocycles. The molecule has 3 heteroatoms. The van der Waals surface area contributed by atoms with Crippen molar-refractivity contribution in [2.75, 3.05) is 13.6 Å². The average Bonchev–Trinajstić information content (AvgIpc) is 1.87. The summed E-state index contributed by atoms with van der Waals surface area (Å²) in [5.41, 5.74) is 0. The SMILES string of the molecule is CN1CCC(=O)O1. The van der Waals surface area contributed by atoms with Crippen LogP contribution < -0.4 is 0 Å². The molecule has 1 aliphatic rings. The standard InChI is InChI=1S/C4H7NO2/c1-5-3-2-4(6)7-5/h2-3H2,1H3. The molecule has 40 valence electrons. The molecule has 0 bridgehead atoms. The maximum absolute atomic E-state index is 10.2. The van der Waals surface area contributed by atoms with Crippen LogP contribution in [0.15, 0.2) is 0 Å². The summed E-state index contributed by atoms with van der Waals surface area (Å²) in [6.07, 6.45) is 0.538. The van der Waals surface area contributed by atoms with Gasteiger partial charge in [-0.2, -0.15) is 0 Å². The van der Waals surface area contributed by atoms with Crippen molar-refractivity contribution >= 4 is 5.97 Å². The first-order valence-corrected chi connectivity index (χ1v) is 2.21. The van der Waals surface area contributed by atoms with Gasteiger partial charge in [-0.1, -0.05) is 0 Å². The second-order valence-electron chi connectivity index (χ2n) is 1.56. The number of nitrogens with zero attached hydrogens (tertiary/aromatic N) is 1. The van der Waals surface area contributed by atoms with Crippen LogP contribution >= 0.6 is 0 Å². The minimum atomic E-state index is -0.123. The fourth-order valence-corrected chi connectivity index (χ4v) is 0.514. The zero-order chi connectivity index (χ0) is 5.28. The van der Waals surface area contributed by atoms with Crippen molar-refractivity contribution in [3.05, 3.63) is 0 Å². The maximum Gasteiger partial charge on any atom is 0.326 e. The number of carbonyl (C=O) groups excluding carboxylic acids is 1. The van der Waals surface area contributed by atoms with Crippen molar-refractivity contribution in [1.82, 2.24) is 5.06 Å². The molecule has 0 aromatic carbocycles. The van der Waals surface area contributed by atoms with E-state index < -0.39 is 0 Å². The molecule has 0 saturated carbocycles. The highest BCUT2D eigenvalue weighted by Crippen LogP contribution is 2.00. The molecule has 0 spiro atoms. The van der Waals surface area contributed by atoms with Crippen LogP contribution in [0.3, 0.4) is 0 Å². The molecule has 1 fully saturated rings. The Labute approximate surface area is 41.8 Å². The molecule has 1 heterocycles. The van der Waals surface area contributed by atoms with E-state index >= 15 is 0 Å². The van der Waals surface area contributed by atoms with Gasteiger partial charge in [0, 0.05) is 13.6 Å². The summed E-state index contributed by atoms with van der Waals surface area (Å²) < 4.78 is 0. The van der Waals surface area contributed by atoms with Crippen LogP contribution in [-0.4, -0.2) is 24.6 Å². The van der Waals surface area contributed by atoms with E-state index in [-0.39, 0.29) is 5.97 Å². The normalized spacial score (nSPS) is 22.7. The van der Waals surface area contributed by atoms with E-state index in [0.717, 1.165) is 6.54 Å². The van der Waals surface area contributed by atoms with E-state index in [1.54, 1.807) is 7.05 Å². The lowest BCUT2D eigenvalue weighted by Gasteiger charge is -2.00. The minimum absolute atomic E-state index is 0.123. The third-order valence-electron chi connectivity index (χ3n) is 0.888. The zero-order valence-electron chi connectivity index (χ0n) is 4.18. The van der Waals surface area contributed by atoms with Gasteiger partial charge >= 0.3 is 5.97 Å². The Hall–Kier alpha value is -0.570. The van der Waals surface area contributed by atoms with Crippen LogP contribution in [0.5, 0.6) is 0 Å². The maximum atomic E-state index is 10.2. The van der Waals surface area contributed by atoms with E-state index in [1.165, 1.54) is 5.06 Å². The molecule has 7 heavy (non-hydrogen) atoms. The zero-order valence-corrected chi connectivity index (χ0v) is 4.18. The van der Waals surface area contributed by atoms with Crippen molar-refractivity contribution in [2.24, 2.45) is 0 Å². The molecule has 3 nitrogen and oxygen atoms in total. The molecule has 0 aromatic rings. The molecular formula is C4H7NO2. The van der Waals surface area contributed by atoms with E-state index in [2.05, 4.69) is 4.84 Å². The number of rotatable bonds is 0. The summed E-state index contributed by atoms with van der Waals surface area (Å²) in [6, 6.07) is 0. The van der Waals surface area contributed by atoms with Crippen LogP contribution in [0.2, 0.25) is 0 Å². The van der Waals surface area contributed by atoms with Crippen molar-refractivity contribution < 1.29 is 9.63 Å². The van der Waals surface area contributed by atoms with Gasteiger partial charge in [0.15, 0.2) is 0 Å². The number of hydroxylamine groups is 2. The van der Waals surface area contributed by atoms with Gasteiger partial charge in [-0.05, 0) is 0 Å². The topological polar surface area (TPSA) is 29.5 Å². The summed E-state index contributed by atoms with van der Waals surface area (Å²) in [5, 5.41) is 1.53. The lowest BCUT2D eigenvalue weighted by atomic mass is 10.5. The van der Waals surface area contributed by atoms with E-state index in [4.69, 9.17) is 0 Å². The van der Waals surface area contributed by atoms with E-state index in [9.17, 15) is 4.79 Å². The second-order valence-corrected chi connectivity index (χ2v) is 1.56. The van der Waals surface area contributed by atoms with Crippen LogP contribution in [0.4, 0.5) is 0 Å². The monoisotopic (exact) mass is 101 g/mol. The largest absolute Gasteiger partial charge is 0.368 e. The third kappa shape index (κ3) is 0.899. The van der Waals surface area contributed by atoms with Gasteiger partial charge in [-0.25, -0.2) is 0 Å². The van der Waals surface area contributed by atoms with Crippen LogP contribution in [0.1, 0.15) is 6.42 Å². The van der Waals surface area contributed by atoms with E-state index in [1.807, 2.05) is 0 Å². The van der Waals surface area contributed by atoms with Crippen molar-refractivity contribution in [3.63, 3.8) is 0 Å². The van der Waals surface area contributed by atoms with Gasteiger partial charge in [0.1, 0.15) is 0 Å². The summed E-state index contributed by atoms with van der Waals surface area (Å²) in [7, 11) is 1.74. The lowest BCUT2D eigenvalue weighted by molar-refractivity contribution is -0.164. The Morgan fingerprint density at radius 2 is 2.57 bits per heavy atom. The highest BCUT2D eigenvalue weighted by molar-refractivity contribution is 5.70. The fourth-order valence-electron chi connectivity index (χ4n) is 0.514. The molecule has 0 atom stereocenters. The highest BCUT2D eigenvalue weighted by Gasteiger charge is 2.15. The first-order valence-electron chi connectivity index (χ1n) is 2.21. The summed E-state index contributed by atoms with van der Waals surface area (Å²) >= 11 is 0. The molecule has 0 unspecified atom stereocenters. The molecule has 1 saturated heterocycles. The van der Waals surface area contributed by atoms with E-state index in [0.29, 0.717) is 6.42 Å². The summed E-state index contributed by atoms with van der Waals surface area (Å²) in [4.78, 5) is 14.7. The predicted molar refractivity (Wildman–Crippen MR) is 23.3 cm³/mol. The Morgan fingerprint density at radius 3 is 2.71 bits per heavy atom. The van der Waals surface area contributed by atoms with Gasteiger partial charge in [-0.15, -0.1) is 5.06 Å². The number of carbonyl (C=O) groups is 1. The van der Waals surface area contributed by atoms with Gasteiger partial charge in [-0.3, -0.25) is 4.79 Å². The smallest absolute Gasteiger partial charge is 0.326 e. The third-order valence-corrected chi connectivity index (χ3v) is 0.888. The summed E-state index contributed by atoms with van der Waals surface area (Å²) in [6.45, 7) is 0.735. The fraction of sp³-hybridized carbons (Fsp3) is 0.750. The number of hydrogen-bond acceptors (Lipinski definition) is 3. The molecule has 0 aliphatic carbocycles. The van der Waals surface area contributed by atoms with Crippen LogP contribution in [-0.2, 0) is 9.63 Å². The Balaban J connectivity index is 2.40. The van der Waals surface area contributed by atoms with Crippen molar-refractivity contribution in [3.8, 4) is 0 Å². The Morgan fingerprint density at radius 1 is 1.86 bits per heavy atom. The minimum Gasteiger partial charge on any atom is -0.368 e. The molecule has 0 radical (unpaired) electrons. The first-order chi connectivity index (χ1) is 3.29. The van der Waals surface area contributed by atoms with Gasteiger partial charge in [0.2, 0.25) is 0 Å². The van der Waals surface area contributed by atoms with Gasteiger partial charge in [0.25, 0.3) is 0 Å². The predicted octanol–water partition coefficient (Wildman–Crippen LogP) is -0.220. The van der Waals surface area contributed by atoms with Gasteiger partial charge < -0.3 is 4.84 Å². The van der Waals surface area contributed by atoms with Crippen molar-refractivity contribution in [1.29, 1.82) is 0 Å². The molecule has 0 N–H and O–H groups in total. The Kier molecular flexibility index (Phi) is 0.982. The Bertz CT molecular complexity index is 91.7. The van der Waals surface area contributed by atoms with Gasteiger partial charge in [0.05, 0.1) is 6.42 Å². The van der Waals surface area contributed by atoms with Crippen molar-refractivity contribution in [2.45, 2.75) is 6.42 Å². The molecular weight excluding hydrogens is 94.0 g/mol. The molecule has 1 rings (SSSR count). The quantitative estimate of drug-likeness (QED) is 0.422. The average molecular weight is 101 g/mol.